The Labute approximate surface area is 352 Å². The van der Waals surface area contributed by atoms with Gasteiger partial charge in [-0.15, -0.1) is 0 Å². The lowest BCUT2D eigenvalue weighted by Gasteiger charge is -2.22. The zero-order valence-electron chi connectivity index (χ0n) is 37.3. The summed E-state index contributed by atoms with van der Waals surface area (Å²) in [6.07, 6.45) is 31.6. The second-order valence-electron chi connectivity index (χ2n) is 17.6. The molecule has 4 heteroatoms. The number of fused-ring (bicyclic) bond motifs is 9. The second kappa shape index (κ2) is 23.8. The predicted molar refractivity (Wildman–Crippen MR) is 256 cm³/mol. The third kappa shape index (κ3) is 11.8. The highest BCUT2D eigenvalue weighted by atomic mass is 16.4. The Bertz CT molecular complexity index is 1910. The third-order valence-corrected chi connectivity index (χ3v) is 12.9. The molecule has 2 aromatic heterocycles. The SMILES string of the molecule is CCCCCCCCN(CCCCCCCC)c1cc2c(ccc3c2ccc2c4ccc5oc(N(CCCCCCCC)CCCCCCCC)cc5c4ccc32)o1. The lowest BCUT2D eigenvalue weighted by Crippen LogP contribution is -2.25. The van der Waals surface area contributed by atoms with E-state index in [4.69, 9.17) is 8.83 Å². The van der Waals surface area contributed by atoms with E-state index in [-0.39, 0.29) is 0 Å². The van der Waals surface area contributed by atoms with Gasteiger partial charge >= 0.3 is 0 Å². The van der Waals surface area contributed by atoms with Crippen LogP contribution in [0.1, 0.15) is 182 Å². The normalized spacial score (nSPS) is 12.0. The lowest BCUT2D eigenvalue weighted by atomic mass is 9.95. The van der Waals surface area contributed by atoms with Crippen molar-refractivity contribution in [2.24, 2.45) is 0 Å². The zero-order valence-corrected chi connectivity index (χ0v) is 37.3. The van der Waals surface area contributed by atoms with Crippen LogP contribution in [-0.4, -0.2) is 26.2 Å². The molecule has 4 aromatic carbocycles. The summed E-state index contributed by atoms with van der Waals surface area (Å²) in [6, 6.07) is 23.1. The molecule has 4 nitrogen and oxygen atoms in total. The third-order valence-electron chi connectivity index (χ3n) is 12.9. The zero-order chi connectivity index (χ0) is 40.4. The predicted octanol–water partition coefficient (Wildman–Crippen LogP) is 17.7. The maximum Gasteiger partial charge on any atom is 0.196 e. The Morgan fingerprint density at radius 2 is 0.534 bits per heavy atom. The number of hydrogen-bond acceptors (Lipinski definition) is 4. The molecule has 0 atom stereocenters. The first-order valence-electron chi connectivity index (χ1n) is 24.4. The average Bonchev–Trinajstić information content (AvgIpc) is 3.89. The Morgan fingerprint density at radius 1 is 0.293 bits per heavy atom. The standard InChI is InChI=1S/C54H78N2O2/c1-5-9-13-17-21-25-37-55(38-26-22-18-14-10-6-2)53-41-49-47-31-29-44-43(45(47)33-35-51(49)57-53)30-32-48-46(44)34-36-52-50(48)42-54(58-52)56(39-27-23-19-15-11-7-3)40-28-24-20-16-12-8-4/h29-36,41-42H,5-28,37-40H2,1-4H3. The highest BCUT2D eigenvalue weighted by molar-refractivity contribution is 6.24. The van der Waals surface area contributed by atoms with E-state index >= 15 is 0 Å². The van der Waals surface area contributed by atoms with Crippen molar-refractivity contribution in [1.82, 2.24) is 0 Å². The van der Waals surface area contributed by atoms with E-state index in [1.807, 2.05) is 0 Å². The molecule has 0 aliphatic heterocycles. The van der Waals surface area contributed by atoms with Crippen molar-refractivity contribution in [1.29, 1.82) is 0 Å². The van der Waals surface area contributed by atoms with Crippen LogP contribution in [0.5, 0.6) is 0 Å². The van der Waals surface area contributed by atoms with Crippen molar-refractivity contribution in [2.75, 3.05) is 36.0 Å². The van der Waals surface area contributed by atoms with Gasteiger partial charge in [-0.2, -0.15) is 0 Å². The summed E-state index contributed by atoms with van der Waals surface area (Å²) in [5, 5.41) is 10.2. The molecule has 58 heavy (non-hydrogen) atoms. The molecule has 0 saturated carbocycles. The molecular formula is C54H78N2O2. The molecule has 0 aliphatic carbocycles. The molecule has 6 rings (SSSR count). The maximum atomic E-state index is 6.69. The van der Waals surface area contributed by atoms with Crippen LogP contribution in [0.15, 0.2) is 69.5 Å². The Hall–Kier alpha value is -3.66. The smallest absolute Gasteiger partial charge is 0.196 e. The van der Waals surface area contributed by atoms with Gasteiger partial charge < -0.3 is 18.6 Å². The first kappa shape index (κ1) is 43.9. The molecule has 0 aliphatic rings. The van der Waals surface area contributed by atoms with Gasteiger partial charge in [-0.25, -0.2) is 0 Å². The first-order chi connectivity index (χ1) is 28.7. The maximum absolute atomic E-state index is 6.69. The number of anilines is 2. The fourth-order valence-corrected chi connectivity index (χ4v) is 9.36. The molecule has 0 amide bonds. The molecular weight excluding hydrogens is 709 g/mol. The molecule has 0 unspecified atom stereocenters. The molecule has 0 fully saturated rings. The van der Waals surface area contributed by atoms with E-state index < -0.39 is 0 Å². The molecule has 0 saturated heterocycles. The molecule has 0 bridgehead atoms. The van der Waals surface area contributed by atoms with Crippen LogP contribution in [0, 0.1) is 0 Å². The van der Waals surface area contributed by atoms with Crippen molar-refractivity contribution >= 4 is 66.0 Å². The van der Waals surface area contributed by atoms with E-state index in [2.05, 4.69) is 98.2 Å². The average molecular weight is 787 g/mol. The number of hydrogen-bond donors (Lipinski definition) is 0. The number of nitrogens with zero attached hydrogens (tertiary/aromatic N) is 2. The van der Waals surface area contributed by atoms with Crippen LogP contribution < -0.4 is 9.80 Å². The molecule has 316 valence electrons. The minimum Gasteiger partial charge on any atom is -0.441 e. The van der Waals surface area contributed by atoms with Crippen LogP contribution in [0.4, 0.5) is 11.8 Å². The topological polar surface area (TPSA) is 32.8 Å². The van der Waals surface area contributed by atoms with E-state index in [0.717, 1.165) is 49.1 Å². The summed E-state index contributed by atoms with van der Waals surface area (Å²) < 4.78 is 13.4. The van der Waals surface area contributed by atoms with Gasteiger partial charge in [0.25, 0.3) is 0 Å². The fraction of sp³-hybridized carbons (Fsp3) is 0.593. The summed E-state index contributed by atoms with van der Waals surface area (Å²) in [7, 11) is 0. The highest BCUT2D eigenvalue weighted by Gasteiger charge is 2.18. The van der Waals surface area contributed by atoms with Gasteiger partial charge in [0.15, 0.2) is 11.8 Å². The lowest BCUT2D eigenvalue weighted by molar-refractivity contribution is 0.535. The van der Waals surface area contributed by atoms with Gasteiger partial charge in [0.2, 0.25) is 0 Å². The molecule has 0 radical (unpaired) electrons. The summed E-state index contributed by atoms with van der Waals surface area (Å²) in [6.45, 7) is 13.5. The monoisotopic (exact) mass is 787 g/mol. The van der Waals surface area contributed by atoms with Gasteiger partial charge in [0.1, 0.15) is 11.2 Å². The van der Waals surface area contributed by atoms with Gasteiger partial charge in [0, 0.05) is 49.1 Å². The Kier molecular flexibility index (Phi) is 18.0. The van der Waals surface area contributed by atoms with Crippen LogP contribution in [-0.2, 0) is 0 Å². The molecule has 2 heterocycles. The second-order valence-corrected chi connectivity index (χ2v) is 17.6. The number of furan rings is 2. The quantitative estimate of drug-likeness (QED) is 0.0336. The molecule has 0 spiro atoms. The minimum absolute atomic E-state index is 0.998. The number of unbranched alkanes of at least 4 members (excludes halogenated alkanes) is 20. The van der Waals surface area contributed by atoms with Gasteiger partial charge in [0.05, 0.1) is 0 Å². The van der Waals surface area contributed by atoms with E-state index in [0.29, 0.717) is 0 Å². The minimum atomic E-state index is 0.998. The van der Waals surface area contributed by atoms with Crippen LogP contribution in [0.25, 0.3) is 54.3 Å². The first-order valence-corrected chi connectivity index (χ1v) is 24.4. The van der Waals surface area contributed by atoms with Gasteiger partial charge in [-0.1, -0.05) is 193 Å². The number of rotatable bonds is 30. The van der Waals surface area contributed by atoms with E-state index in [1.165, 1.54) is 197 Å². The highest BCUT2D eigenvalue weighted by Crippen LogP contribution is 2.40. The Balaban J connectivity index is 1.24. The number of benzene rings is 4. The summed E-state index contributed by atoms with van der Waals surface area (Å²) in [5.41, 5.74) is 2.00. The van der Waals surface area contributed by atoms with Crippen molar-refractivity contribution in [2.45, 2.75) is 182 Å². The van der Waals surface area contributed by atoms with E-state index in [9.17, 15) is 0 Å². The fourth-order valence-electron chi connectivity index (χ4n) is 9.36. The van der Waals surface area contributed by atoms with Crippen molar-refractivity contribution in [3.05, 3.63) is 60.7 Å². The summed E-state index contributed by atoms with van der Waals surface area (Å²) in [4.78, 5) is 5.10. The van der Waals surface area contributed by atoms with Crippen LogP contribution in [0.2, 0.25) is 0 Å². The summed E-state index contributed by atoms with van der Waals surface area (Å²) in [5.74, 6) is 2.09. The molecule has 0 N–H and O–H groups in total. The van der Waals surface area contributed by atoms with Gasteiger partial charge in [-0.05, 0) is 70.1 Å². The van der Waals surface area contributed by atoms with Crippen LogP contribution >= 0.6 is 0 Å². The van der Waals surface area contributed by atoms with Crippen molar-refractivity contribution in [3.63, 3.8) is 0 Å². The largest absolute Gasteiger partial charge is 0.441 e. The molecule has 6 aromatic rings. The Morgan fingerprint density at radius 3 is 0.828 bits per heavy atom. The van der Waals surface area contributed by atoms with Crippen molar-refractivity contribution in [3.8, 4) is 0 Å². The summed E-state index contributed by atoms with van der Waals surface area (Å²) >= 11 is 0. The van der Waals surface area contributed by atoms with E-state index in [1.54, 1.807) is 0 Å². The van der Waals surface area contributed by atoms with Gasteiger partial charge in [-0.3, -0.25) is 0 Å². The van der Waals surface area contributed by atoms with Crippen molar-refractivity contribution < 1.29 is 8.83 Å². The van der Waals surface area contributed by atoms with Crippen LogP contribution in [0.3, 0.4) is 0 Å².